The molecule has 0 fully saturated rings. The fraction of sp³-hybridized carbons (Fsp3) is 0.167. The molecule has 1 aliphatic heterocycles. The number of phenols is 1. The molecular weight excluding hydrogens is 514 g/mol. The van der Waals surface area contributed by atoms with Crippen molar-refractivity contribution in [3.05, 3.63) is 115 Å². The molecule has 0 radical (unpaired) electrons. The molecule has 39 heavy (non-hydrogen) atoms. The Kier molecular flexibility index (Phi) is 7.33. The number of para-hydroxylation sites is 1. The number of aromatic nitrogens is 1. The van der Waals surface area contributed by atoms with Crippen molar-refractivity contribution < 1.29 is 19.4 Å². The molecule has 3 aromatic carbocycles. The molecule has 0 saturated heterocycles. The minimum Gasteiger partial charge on any atom is -0.504 e. The standard InChI is InChI=1S/C30H27N3O5S/c1-4-38-22-13-11-20(12-14-22)27-26(28(35)32-21-8-6-5-7-9-21)18(2)31-30-33(27)29(36)25(39-30)17-19-10-15-23(34)24(16-19)37-3/h5-17,27,34H,4H2,1-3H3,(H,32,35)/b25-17-/t27-/m0/s1. The number of methoxy groups -OCH3 is 1. The molecule has 0 saturated carbocycles. The van der Waals surface area contributed by atoms with E-state index in [4.69, 9.17) is 9.47 Å². The number of thiazole rings is 1. The Labute approximate surface area is 228 Å². The van der Waals surface area contributed by atoms with Crippen molar-refractivity contribution in [2.75, 3.05) is 19.0 Å². The first-order chi connectivity index (χ1) is 18.9. The maximum atomic E-state index is 13.8. The number of benzene rings is 3. The third-order valence-corrected chi connectivity index (χ3v) is 7.29. The van der Waals surface area contributed by atoms with E-state index in [1.165, 1.54) is 24.5 Å². The highest BCUT2D eigenvalue weighted by Gasteiger charge is 2.32. The Hall–Kier alpha value is -4.63. The monoisotopic (exact) mass is 541 g/mol. The lowest BCUT2D eigenvalue weighted by atomic mass is 9.95. The van der Waals surface area contributed by atoms with Crippen LogP contribution < -0.4 is 29.7 Å². The zero-order valence-electron chi connectivity index (χ0n) is 21.7. The number of ether oxygens (including phenoxy) is 2. The average Bonchev–Trinajstić information content (AvgIpc) is 3.24. The molecule has 2 heterocycles. The van der Waals surface area contributed by atoms with Crippen molar-refractivity contribution in [2.24, 2.45) is 4.99 Å². The van der Waals surface area contributed by atoms with E-state index in [0.29, 0.717) is 50.0 Å². The van der Waals surface area contributed by atoms with Crippen molar-refractivity contribution in [1.82, 2.24) is 4.57 Å². The maximum Gasteiger partial charge on any atom is 0.271 e. The SMILES string of the molecule is CCOc1ccc([C@H]2C(C(=O)Nc3ccccc3)=C(C)N=c3s/c(=C\c4ccc(O)c(OC)c4)c(=O)n32)cc1. The molecule has 0 unspecified atom stereocenters. The molecule has 0 spiro atoms. The van der Waals surface area contributed by atoms with Crippen LogP contribution in [0.3, 0.4) is 0 Å². The van der Waals surface area contributed by atoms with Gasteiger partial charge in [-0.1, -0.05) is 47.7 Å². The fourth-order valence-electron chi connectivity index (χ4n) is 4.50. The van der Waals surface area contributed by atoms with Gasteiger partial charge >= 0.3 is 0 Å². The highest BCUT2D eigenvalue weighted by atomic mass is 32.1. The summed E-state index contributed by atoms with van der Waals surface area (Å²) in [6.45, 7) is 4.22. The topological polar surface area (TPSA) is 102 Å². The van der Waals surface area contributed by atoms with E-state index < -0.39 is 6.04 Å². The van der Waals surface area contributed by atoms with Gasteiger partial charge in [-0.05, 0) is 67.4 Å². The van der Waals surface area contributed by atoms with Crippen molar-refractivity contribution in [1.29, 1.82) is 0 Å². The molecule has 0 bridgehead atoms. The van der Waals surface area contributed by atoms with Gasteiger partial charge in [0.2, 0.25) is 0 Å². The Bertz CT molecular complexity index is 1740. The molecular formula is C30H27N3O5S. The Balaban J connectivity index is 1.65. The van der Waals surface area contributed by atoms with Gasteiger partial charge in [-0.3, -0.25) is 14.2 Å². The first-order valence-electron chi connectivity index (χ1n) is 12.4. The summed E-state index contributed by atoms with van der Waals surface area (Å²) in [6.07, 6.45) is 1.73. The number of anilines is 1. The average molecular weight is 542 g/mol. The molecule has 4 aromatic rings. The van der Waals surface area contributed by atoms with Gasteiger partial charge in [0, 0.05) is 5.69 Å². The Morgan fingerprint density at radius 2 is 1.87 bits per heavy atom. The van der Waals surface area contributed by atoms with Gasteiger partial charge in [-0.25, -0.2) is 4.99 Å². The molecule has 8 nitrogen and oxygen atoms in total. The second-order valence-electron chi connectivity index (χ2n) is 8.84. The summed E-state index contributed by atoms with van der Waals surface area (Å²) in [5.74, 6) is 0.681. The van der Waals surface area contributed by atoms with Crippen LogP contribution in [0.5, 0.6) is 17.2 Å². The largest absolute Gasteiger partial charge is 0.504 e. The number of hydrogen-bond acceptors (Lipinski definition) is 7. The van der Waals surface area contributed by atoms with Crippen LogP contribution in [-0.2, 0) is 4.79 Å². The zero-order valence-corrected chi connectivity index (χ0v) is 22.5. The lowest BCUT2D eigenvalue weighted by Gasteiger charge is -2.25. The Morgan fingerprint density at radius 1 is 1.13 bits per heavy atom. The van der Waals surface area contributed by atoms with E-state index in [0.717, 1.165) is 5.56 Å². The van der Waals surface area contributed by atoms with Crippen molar-refractivity contribution >= 4 is 29.0 Å². The van der Waals surface area contributed by atoms with E-state index in [-0.39, 0.29) is 17.2 Å². The lowest BCUT2D eigenvalue weighted by Crippen LogP contribution is -2.40. The predicted molar refractivity (Wildman–Crippen MR) is 151 cm³/mol. The molecule has 9 heteroatoms. The van der Waals surface area contributed by atoms with Gasteiger partial charge in [0.15, 0.2) is 16.3 Å². The van der Waals surface area contributed by atoms with Crippen LogP contribution in [0, 0.1) is 0 Å². The maximum absolute atomic E-state index is 13.8. The summed E-state index contributed by atoms with van der Waals surface area (Å²) < 4.78 is 12.8. The third-order valence-electron chi connectivity index (χ3n) is 6.31. The number of nitrogens with zero attached hydrogens (tertiary/aromatic N) is 2. The molecule has 5 rings (SSSR count). The number of aromatic hydroxyl groups is 1. The van der Waals surface area contributed by atoms with Crippen LogP contribution in [0.25, 0.3) is 6.08 Å². The molecule has 2 N–H and O–H groups in total. The number of carbonyl (C=O) groups is 1. The number of carbonyl (C=O) groups excluding carboxylic acids is 1. The van der Waals surface area contributed by atoms with Gasteiger partial charge in [-0.2, -0.15) is 0 Å². The second kappa shape index (κ2) is 11.0. The smallest absolute Gasteiger partial charge is 0.271 e. The van der Waals surface area contributed by atoms with Gasteiger partial charge in [0.1, 0.15) is 5.75 Å². The summed E-state index contributed by atoms with van der Waals surface area (Å²) in [4.78, 5) is 32.7. The number of fused-ring (bicyclic) bond motifs is 1. The molecule has 1 amide bonds. The summed E-state index contributed by atoms with van der Waals surface area (Å²) in [5.41, 5.74) is 2.72. The third kappa shape index (κ3) is 5.21. The van der Waals surface area contributed by atoms with E-state index in [9.17, 15) is 14.7 Å². The van der Waals surface area contributed by atoms with E-state index in [1.54, 1.807) is 41.8 Å². The molecule has 1 aromatic heterocycles. The van der Waals surface area contributed by atoms with Crippen molar-refractivity contribution in [2.45, 2.75) is 19.9 Å². The van der Waals surface area contributed by atoms with Crippen LogP contribution in [0.1, 0.15) is 31.0 Å². The van der Waals surface area contributed by atoms with Crippen LogP contribution in [0.2, 0.25) is 0 Å². The minimum atomic E-state index is -0.697. The van der Waals surface area contributed by atoms with E-state index in [2.05, 4.69) is 10.3 Å². The summed E-state index contributed by atoms with van der Waals surface area (Å²) >= 11 is 1.24. The first-order valence-corrected chi connectivity index (χ1v) is 13.2. The van der Waals surface area contributed by atoms with Gasteiger partial charge < -0.3 is 19.9 Å². The number of nitrogens with one attached hydrogen (secondary N) is 1. The van der Waals surface area contributed by atoms with Crippen LogP contribution in [0.4, 0.5) is 5.69 Å². The molecule has 0 aliphatic carbocycles. The lowest BCUT2D eigenvalue weighted by molar-refractivity contribution is -0.113. The van der Waals surface area contributed by atoms with Gasteiger partial charge in [0.25, 0.3) is 11.5 Å². The summed E-state index contributed by atoms with van der Waals surface area (Å²) in [7, 11) is 1.47. The minimum absolute atomic E-state index is 0.0105. The second-order valence-corrected chi connectivity index (χ2v) is 9.84. The number of allylic oxidation sites excluding steroid dienone is 1. The molecule has 198 valence electrons. The van der Waals surface area contributed by atoms with Gasteiger partial charge in [-0.15, -0.1) is 0 Å². The fourth-order valence-corrected chi connectivity index (χ4v) is 5.54. The van der Waals surface area contributed by atoms with Crippen LogP contribution in [0.15, 0.2) is 93.9 Å². The normalized spacial score (nSPS) is 14.9. The predicted octanol–water partition coefficient (Wildman–Crippen LogP) is 3.99. The highest BCUT2D eigenvalue weighted by Crippen LogP contribution is 2.32. The van der Waals surface area contributed by atoms with Gasteiger partial charge in [0.05, 0.1) is 35.6 Å². The molecule has 1 atom stereocenters. The van der Waals surface area contributed by atoms with Crippen molar-refractivity contribution in [3.8, 4) is 17.2 Å². The zero-order chi connectivity index (χ0) is 27.5. The Morgan fingerprint density at radius 3 is 2.56 bits per heavy atom. The quantitative estimate of drug-likeness (QED) is 0.369. The highest BCUT2D eigenvalue weighted by molar-refractivity contribution is 7.07. The number of amides is 1. The number of rotatable bonds is 7. The van der Waals surface area contributed by atoms with Crippen LogP contribution >= 0.6 is 11.3 Å². The summed E-state index contributed by atoms with van der Waals surface area (Å²) in [6, 6.07) is 20.7. The number of phenolic OH excluding ortho intramolecular Hbond substituents is 1. The molecule has 1 aliphatic rings. The van der Waals surface area contributed by atoms with E-state index in [1.807, 2.05) is 49.4 Å². The van der Waals surface area contributed by atoms with Crippen LogP contribution in [-0.4, -0.2) is 29.3 Å². The first kappa shape index (κ1) is 26.0. The summed E-state index contributed by atoms with van der Waals surface area (Å²) in [5, 5.41) is 12.9. The van der Waals surface area contributed by atoms with E-state index >= 15 is 0 Å². The van der Waals surface area contributed by atoms with Crippen molar-refractivity contribution in [3.63, 3.8) is 0 Å². The number of hydrogen-bond donors (Lipinski definition) is 2.